The van der Waals surface area contributed by atoms with Crippen LogP contribution in [0.25, 0.3) is 10.9 Å². The highest BCUT2D eigenvalue weighted by Gasteiger charge is 2.11. The van der Waals surface area contributed by atoms with Crippen molar-refractivity contribution in [3.05, 3.63) is 65.3 Å². The molecule has 1 heterocycles. The fourth-order valence-corrected chi connectivity index (χ4v) is 2.48. The Kier molecular flexibility index (Phi) is 3.77. The third kappa shape index (κ3) is 2.45. The first-order valence-electron chi connectivity index (χ1n) is 6.14. The Labute approximate surface area is 126 Å². The van der Waals surface area contributed by atoms with Gasteiger partial charge in [0.05, 0.1) is 10.9 Å². The molecule has 0 spiro atoms. The number of fused-ring (bicyclic) bond motifs is 1. The summed E-state index contributed by atoms with van der Waals surface area (Å²) in [6.07, 6.45) is 1.74. The summed E-state index contributed by atoms with van der Waals surface area (Å²) < 4.78 is 5.97. The van der Waals surface area contributed by atoms with Crippen molar-refractivity contribution < 1.29 is 4.74 Å². The molecule has 0 unspecified atom stereocenters. The average molecular weight is 304 g/mol. The van der Waals surface area contributed by atoms with Crippen LogP contribution in [-0.2, 0) is 5.88 Å². The summed E-state index contributed by atoms with van der Waals surface area (Å²) in [5.74, 6) is 1.60. The molecule has 4 heteroatoms. The first kappa shape index (κ1) is 13.2. The number of para-hydroxylation sites is 2. The quantitative estimate of drug-likeness (QED) is 0.603. The summed E-state index contributed by atoms with van der Waals surface area (Å²) in [7, 11) is 0. The zero-order valence-electron chi connectivity index (χ0n) is 10.5. The molecule has 0 radical (unpaired) electrons. The highest BCUT2D eigenvalue weighted by atomic mass is 35.5. The van der Waals surface area contributed by atoms with Gasteiger partial charge in [0.1, 0.15) is 5.52 Å². The molecule has 3 aromatic rings. The van der Waals surface area contributed by atoms with Crippen LogP contribution in [-0.4, -0.2) is 4.98 Å². The van der Waals surface area contributed by atoms with E-state index in [4.69, 9.17) is 27.9 Å². The van der Waals surface area contributed by atoms with Gasteiger partial charge in [-0.15, -0.1) is 11.6 Å². The van der Waals surface area contributed by atoms with Crippen LogP contribution in [0, 0.1) is 0 Å². The number of halogens is 2. The van der Waals surface area contributed by atoms with Crippen LogP contribution in [0.5, 0.6) is 11.5 Å². The molecule has 0 bridgehead atoms. The van der Waals surface area contributed by atoms with E-state index in [1.165, 1.54) is 0 Å². The lowest BCUT2D eigenvalue weighted by Gasteiger charge is -2.12. The van der Waals surface area contributed by atoms with Gasteiger partial charge >= 0.3 is 0 Å². The fraction of sp³-hybridized carbons (Fsp3) is 0.0625. The Morgan fingerprint density at radius 1 is 1.00 bits per heavy atom. The number of hydrogen-bond acceptors (Lipinski definition) is 2. The molecule has 3 rings (SSSR count). The molecule has 1 aromatic heterocycles. The van der Waals surface area contributed by atoms with Gasteiger partial charge < -0.3 is 4.74 Å². The molecular formula is C16H11Cl2NO. The molecule has 20 heavy (non-hydrogen) atoms. The predicted octanol–water partition coefficient (Wildman–Crippen LogP) is 5.42. The van der Waals surface area contributed by atoms with Crippen molar-refractivity contribution in [1.82, 2.24) is 4.98 Å². The second-order valence-electron chi connectivity index (χ2n) is 4.30. The van der Waals surface area contributed by atoms with Gasteiger partial charge in [-0.3, -0.25) is 4.98 Å². The second kappa shape index (κ2) is 5.70. The summed E-state index contributed by atoms with van der Waals surface area (Å²) >= 11 is 12.1. The van der Waals surface area contributed by atoms with Crippen molar-refractivity contribution in [2.45, 2.75) is 5.88 Å². The van der Waals surface area contributed by atoms with Gasteiger partial charge in [0.15, 0.2) is 11.5 Å². The van der Waals surface area contributed by atoms with Gasteiger partial charge in [-0.1, -0.05) is 41.9 Å². The number of pyridine rings is 1. The molecule has 100 valence electrons. The minimum absolute atomic E-state index is 0.341. The van der Waals surface area contributed by atoms with Crippen LogP contribution < -0.4 is 4.74 Å². The van der Waals surface area contributed by atoms with Gasteiger partial charge in [-0.2, -0.15) is 0 Å². The lowest BCUT2D eigenvalue weighted by Crippen LogP contribution is -1.92. The highest BCUT2D eigenvalue weighted by molar-refractivity contribution is 6.32. The normalized spacial score (nSPS) is 10.7. The van der Waals surface area contributed by atoms with E-state index in [0.29, 0.717) is 22.4 Å². The number of nitrogens with zero attached hydrogens (tertiary/aromatic N) is 1. The van der Waals surface area contributed by atoms with Crippen molar-refractivity contribution in [2.75, 3.05) is 0 Å². The van der Waals surface area contributed by atoms with Crippen LogP contribution in [0.3, 0.4) is 0 Å². The molecule has 0 atom stereocenters. The number of alkyl halides is 1. The average Bonchev–Trinajstić information content (AvgIpc) is 2.49. The summed E-state index contributed by atoms with van der Waals surface area (Å²) in [4.78, 5) is 4.36. The molecule has 0 amide bonds. The molecule has 2 aromatic carbocycles. The van der Waals surface area contributed by atoms with E-state index >= 15 is 0 Å². The second-order valence-corrected chi connectivity index (χ2v) is 4.97. The van der Waals surface area contributed by atoms with E-state index in [0.717, 1.165) is 16.5 Å². The molecule has 0 fully saturated rings. The van der Waals surface area contributed by atoms with E-state index in [2.05, 4.69) is 4.98 Å². The third-order valence-corrected chi connectivity index (χ3v) is 3.59. The summed E-state index contributed by atoms with van der Waals surface area (Å²) in [5, 5.41) is 1.56. The van der Waals surface area contributed by atoms with Crippen molar-refractivity contribution in [2.24, 2.45) is 0 Å². The van der Waals surface area contributed by atoms with Crippen molar-refractivity contribution in [3.63, 3.8) is 0 Å². The number of aromatic nitrogens is 1. The summed E-state index contributed by atoms with van der Waals surface area (Å²) in [5.41, 5.74) is 1.66. The minimum atomic E-state index is 0.341. The van der Waals surface area contributed by atoms with Crippen LogP contribution in [0.1, 0.15) is 5.56 Å². The summed E-state index contributed by atoms with van der Waals surface area (Å²) in [6.45, 7) is 0. The number of rotatable bonds is 3. The lowest BCUT2D eigenvalue weighted by atomic mass is 10.2. The molecule has 0 aliphatic rings. The smallest absolute Gasteiger partial charge is 0.153 e. The maximum atomic E-state index is 6.21. The van der Waals surface area contributed by atoms with E-state index in [1.54, 1.807) is 12.3 Å². The van der Waals surface area contributed by atoms with Gasteiger partial charge in [0, 0.05) is 17.1 Å². The molecule has 0 saturated heterocycles. The minimum Gasteiger partial charge on any atom is -0.453 e. The summed E-state index contributed by atoms with van der Waals surface area (Å²) in [6, 6.07) is 15.2. The predicted molar refractivity (Wildman–Crippen MR) is 82.8 cm³/mol. The maximum absolute atomic E-state index is 6.21. The standard InChI is InChI=1S/C16H11Cl2NO/c17-10-12-5-1-7-13(18)16(12)20-14-8-2-4-11-6-3-9-19-15(11)14/h1-9H,10H2. The Morgan fingerprint density at radius 3 is 2.65 bits per heavy atom. The van der Waals surface area contributed by atoms with E-state index < -0.39 is 0 Å². The Hall–Kier alpha value is -1.77. The van der Waals surface area contributed by atoms with Crippen LogP contribution in [0.2, 0.25) is 5.02 Å². The Bertz CT molecular complexity index is 753. The van der Waals surface area contributed by atoms with E-state index in [1.807, 2.05) is 42.5 Å². The monoisotopic (exact) mass is 303 g/mol. The van der Waals surface area contributed by atoms with E-state index in [9.17, 15) is 0 Å². The van der Waals surface area contributed by atoms with Crippen LogP contribution >= 0.6 is 23.2 Å². The van der Waals surface area contributed by atoms with Gasteiger partial charge in [-0.25, -0.2) is 0 Å². The van der Waals surface area contributed by atoms with Crippen molar-refractivity contribution in [1.29, 1.82) is 0 Å². The molecular weight excluding hydrogens is 293 g/mol. The number of benzene rings is 2. The van der Waals surface area contributed by atoms with Crippen LogP contribution in [0.4, 0.5) is 0 Å². The van der Waals surface area contributed by atoms with Crippen LogP contribution in [0.15, 0.2) is 54.7 Å². The molecule has 0 aliphatic heterocycles. The first-order chi connectivity index (χ1) is 9.79. The number of hydrogen-bond donors (Lipinski definition) is 0. The molecule has 2 nitrogen and oxygen atoms in total. The van der Waals surface area contributed by atoms with Crippen molar-refractivity contribution >= 4 is 34.1 Å². The van der Waals surface area contributed by atoms with E-state index in [-0.39, 0.29) is 0 Å². The lowest BCUT2D eigenvalue weighted by molar-refractivity contribution is 0.483. The molecule has 0 aliphatic carbocycles. The zero-order chi connectivity index (χ0) is 13.9. The van der Waals surface area contributed by atoms with Gasteiger partial charge in [0.2, 0.25) is 0 Å². The third-order valence-electron chi connectivity index (χ3n) is 3.00. The zero-order valence-corrected chi connectivity index (χ0v) is 12.0. The SMILES string of the molecule is ClCc1cccc(Cl)c1Oc1cccc2cccnc12. The Balaban J connectivity index is 2.10. The van der Waals surface area contributed by atoms with Gasteiger partial charge in [0.25, 0.3) is 0 Å². The topological polar surface area (TPSA) is 22.1 Å². The first-order valence-corrected chi connectivity index (χ1v) is 7.06. The van der Waals surface area contributed by atoms with Gasteiger partial charge in [-0.05, 0) is 18.2 Å². The molecule has 0 saturated carbocycles. The highest BCUT2D eigenvalue weighted by Crippen LogP contribution is 2.36. The number of ether oxygens (including phenoxy) is 1. The fourth-order valence-electron chi connectivity index (χ4n) is 2.04. The molecule has 0 N–H and O–H groups in total. The largest absolute Gasteiger partial charge is 0.453 e. The Morgan fingerprint density at radius 2 is 1.80 bits per heavy atom. The van der Waals surface area contributed by atoms with Crippen molar-refractivity contribution in [3.8, 4) is 11.5 Å². The maximum Gasteiger partial charge on any atom is 0.153 e.